The lowest BCUT2D eigenvalue weighted by molar-refractivity contribution is 0.0690. The van der Waals surface area contributed by atoms with Crippen LogP contribution in [0, 0.1) is 0 Å². The molecule has 0 aliphatic heterocycles. The summed E-state index contributed by atoms with van der Waals surface area (Å²) >= 11 is 17.7. The maximum Gasteiger partial charge on any atom is 0.354 e. The van der Waals surface area contributed by atoms with E-state index in [-0.39, 0.29) is 12.3 Å². The van der Waals surface area contributed by atoms with E-state index in [2.05, 4.69) is 4.98 Å². The molecule has 1 aromatic heterocycles. The molecule has 0 saturated carbocycles. The van der Waals surface area contributed by atoms with E-state index in [1.165, 1.54) is 24.4 Å². The van der Waals surface area contributed by atoms with Crippen LogP contribution in [0.3, 0.4) is 0 Å². The van der Waals surface area contributed by atoms with Gasteiger partial charge in [0.25, 0.3) is 0 Å². The van der Waals surface area contributed by atoms with Crippen molar-refractivity contribution in [2.24, 2.45) is 0 Å². The van der Waals surface area contributed by atoms with E-state index < -0.39 is 5.97 Å². The molecule has 0 saturated heterocycles. The quantitative estimate of drug-likeness (QED) is 0.847. The van der Waals surface area contributed by atoms with Crippen molar-refractivity contribution in [3.8, 4) is 5.75 Å². The predicted octanol–water partition coefficient (Wildman–Crippen LogP) is 4.32. The molecule has 0 amide bonds. The van der Waals surface area contributed by atoms with Crippen LogP contribution >= 0.6 is 34.8 Å². The van der Waals surface area contributed by atoms with E-state index in [0.717, 1.165) is 0 Å². The Hall–Kier alpha value is -1.49. The van der Waals surface area contributed by atoms with E-state index in [0.29, 0.717) is 26.4 Å². The van der Waals surface area contributed by atoms with Crippen LogP contribution in [0.2, 0.25) is 15.1 Å². The van der Waals surface area contributed by atoms with Gasteiger partial charge >= 0.3 is 5.97 Å². The first-order valence-corrected chi connectivity index (χ1v) is 6.56. The summed E-state index contributed by atoms with van der Waals surface area (Å²) in [6.07, 6.45) is 1.40. The van der Waals surface area contributed by atoms with Crippen LogP contribution in [0.25, 0.3) is 0 Å². The number of rotatable bonds is 4. The second-order valence-electron chi connectivity index (χ2n) is 3.84. The summed E-state index contributed by atoms with van der Waals surface area (Å²) in [5.74, 6) is -0.728. The molecule has 1 N–H and O–H groups in total. The Labute approximate surface area is 129 Å². The third-order valence-corrected chi connectivity index (χ3v) is 3.43. The molecule has 0 aliphatic carbocycles. The number of carboxylic acid groups (broad SMARTS) is 1. The van der Waals surface area contributed by atoms with Crippen molar-refractivity contribution >= 4 is 40.8 Å². The SMILES string of the molecule is O=C(O)c1cc(COc2cc(Cl)c(Cl)cc2Cl)ccn1. The second kappa shape index (κ2) is 6.31. The zero-order valence-corrected chi connectivity index (χ0v) is 12.2. The Balaban J connectivity index is 2.15. The average Bonchev–Trinajstić information content (AvgIpc) is 2.41. The lowest BCUT2D eigenvalue weighted by Gasteiger charge is -2.09. The summed E-state index contributed by atoms with van der Waals surface area (Å²) in [6.45, 7) is 0.139. The minimum atomic E-state index is -1.10. The molecular formula is C13H8Cl3NO3. The van der Waals surface area contributed by atoms with E-state index in [1.807, 2.05) is 0 Å². The third-order valence-electron chi connectivity index (χ3n) is 2.41. The molecule has 1 heterocycles. The van der Waals surface area contributed by atoms with Crippen molar-refractivity contribution < 1.29 is 14.6 Å². The molecule has 0 aliphatic rings. The third kappa shape index (κ3) is 3.54. The molecule has 20 heavy (non-hydrogen) atoms. The highest BCUT2D eigenvalue weighted by atomic mass is 35.5. The molecule has 0 atom stereocenters. The number of halogens is 3. The van der Waals surface area contributed by atoms with Crippen molar-refractivity contribution in [3.63, 3.8) is 0 Å². The highest BCUT2D eigenvalue weighted by Gasteiger charge is 2.09. The van der Waals surface area contributed by atoms with Crippen LogP contribution in [0.15, 0.2) is 30.5 Å². The van der Waals surface area contributed by atoms with Crippen LogP contribution in [0.1, 0.15) is 16.1 Å². The summed E-state index contributed by atoms with van der Waals surface area (Å²) in [5.41, 5.74) is 0.603. The lowest BCUT2D eigenvalue weighted by Crippen LogP contribution is -2.03. The van der Waals surface area contributed by atoms with Crippen molar-refractivity contribution in [1.82, 2.24) is 4.98 Å². The van der Waals surface area contributed by atoms with Crippen LogP contribution in [0.5, 0.6) is 5.75 Å². The van der Waals surface area contributed by atoms with Gasteiger partial charge in [0.15, 0.2) is 0 Å². The number of hydrogen-bond donors (Lipinski definition) is 1. The zero-order chi connectivity index (χ0) is 14.7. The summed E-state index contributed by atoms with van der Waals surface area (Å²) in [4.78, 5) is 14.5. The van der Waals surface area contributed by atoms with Crippen molar-refractivity contribution in [2.75, 3.05) is 0 Å². The zero-order valence-electron chi connectivity index (χ0n) is 9.94. The molecule has 2 aromatic rings. The van der Waals surface area contributed by atoms with Crippen LogP contribution in [-0.2, 0) is 6.61 Å². The largest absolute Gasteiger partial charge is 0.487 e. The standard InChI is InChI=1S/C13H8Cl3NO3/c14-8-4-10(16)12(5-9(8)15)20-6-7-1-2-17-11(3-7)13(18)19/h1-5H,6H2,(H,18,19). The van der Waals surface area contributed by atoms with Gasteiger partial charge in [-0.15, -0.1) is 0 Å². The van der Waals surface area contributed by atoms with Crippen molar-refractivity contribution in [2.45, 2.75) is 6.61 Å². The Morgan fingerprint density at radius 1 is 1.15 bits per heavy atom. The topological polar surface area (TPSA) is 59.4 Å². The van der Waals surface area contributed by atoms with E-state index in [1.54, 1.807) is 6.07 Å². The first-order chi connectivity index (χ1) is 9.47. The Bertz CT molecular complexity index is 661. The molecule has 2 rings (SSSR count). The molecule has 1 aromatic carbocycles. The second-order valence-corrected chi connectivity index (χ2v) is 5.06. The van der Waals surface area contributed by atoms with Crippen LogP contribution < -0.4 is 4.74 Å². The Morgan fingerprint density at radius 3 is 2.55 bits per heavy atom. The highest BCUT2D eigenvalue weighted by Crippen LogP contribution is 2.34. The fraction of sp³-hybridized carbons (Fsp3) is 0.0769. The molecular weight excluding hydrogens is 325 g/mol. The van der Waals surface area contributed by atoms with E-state index >= 15 is 0 Å². The summed E-state index contributed by atoms with van der Waals surface area (Å²) < 4.78 is 5.50. The monoisotopic (exact) mass is 331 g/mol. The number of benzene rings is 1. The average molecular weight is 333 g/mol. The first kappa shape index (κ1) is 14.9. The number of pyridine rings is 1. The van der Waals surface area contributed by atoms with Gasteiger partial charge in [0.2, 0.25) is 0 Å². The first-order valence-electron chi connectivity index (χ1n) is 5.43. The maximum atomic E-state index is 10.8. The van der Waals surface area contributed by atoms with Crippen molar-refractivity contribution in [3.05, 3.63) is 56.8 Å². The Morgan fingerprint density at radius 2 is 1.85 bits per heavy atom. The number of carbonyl (C=O) groups is 1. The summed E-state index contributed by atoms with van der Waals surface area (Å²) in [5, 5.41) is 9.84. The molecule has 4 nitrogen and oxygen atoms in total. The molecule has 0 spiro atoms. The molecule has 0 unspecified atom stereocenters. The van der Waals surface area contributed by atoms with Crippen LogP contribution in [-0.4, -0.2) is 16.1 Å². The van der Waals surface area contributed by atoms with Gasteiger partial charge in [-0.25, -0.2) is 9.78 Å². The predicted molar refractivity (Wildman–Crippen MR) is 77.0 cm³/mol. The van der Waals surface area contributed by atoms with Gasteiger partial charge in [-0.1, -0.05) is 34.8 Å². The molecule has 104 valence electrons. The van der Waals surface area contributed by atoms with Gasteiger partial charge in [-0.2, -0.15) is 0 Å². The number of aromatic carboxylic acids is 1. The molecule has 0 bridgehead atoms. The minimum Gasteiger partial charge on any atom is -0.487 e. The van der Waals surface area contributed by atoms with E-state index in [9.17, 15) is 4.79 Å². The van der Waals surface area contributed by atoms with Gasteiger partial charge in [0, 0.05) is 12.3 Å². The smallest absolute Gasteiger partial charge is 0.354 e. The fourth-order valence-electron chi connectivity index (χ4n) is 1.46. The normalized spacial score (nSPS) is 10.3. The van der Waals surface area contributed by atoms with Gasteiger partial charge in [0.1, 0.15) is 18.1 Å². The summed E-state index contributed by atoms with van der Waals surface area (Å²) in [7, 11) is 0. The summed E-state index contributed by atoms with van der Waals surface area (Å²) in [6, 6.07) is 6.06. The molecule has 0 fully saturated rings. The molecule has 0 radical (unpaired) electrons. The number of ether oxygens (including phenoxy) is 1. The van der Waals surface area contributed by atoms with Gasteiger partial charge in [-0.05, 0) is 23.8 Å². The van der Waals surface area contributed by atoms with Gasteiger partial charge < -0.3 is 9.84 Å². The number of carboxylic acids is 1. The number of hydrogen-bond acceptors (Lipinski definition) is 3. The van der Waals surface area contributed by atoms with Crippen LogP contribution in [0.4, 0.5) is 0 Å². The van der Waals surface area contributed by atoms with E-state index in [4.69, 9.17) is 44.6 Å². The lowest BCUT2D eigenvalue weighted by atomic mass is 10.2. The van der Waals surface area contributed by atoms with Crippen molar-refractivity contribution in [1.29, 1.82) is 0 Å². The van der Waals surface area contributed by atoms with Gasteiger partial charge in [0.05, 0.1) is 15.1 Å². The Kier molecular flexibility index (Phi) is 4.70. The number of aromatic nitrogens is 1. The number of nitrogens with zero attached hydrogens (tertiary/aromatic N) is 1. The fourth-order valence-corrected chi connectivity index (χ4v) is 2.05. The maximum absolute atomic E-state index is 10.8. The highest BCUT2D eigenvalue weighted by molar-refractivity contribution is 6.43. The van der Waals surface area contributed by atoms with Gasteiger partial charge in [-0.3, -0.25) is 0 Å². The minimum absolute atomic E-state index is 0.0497. The molecule has 7 heteroatoms.